The Morgan fingerprint density at radius 3 is 2.68 bits per heavy atom. The van der Waals surface area contributed by atoms with E-state index in [1.54, 1.807) is 4.68 Å². The minimum atomic E-state index is 0.692. The molecule has 176 valence electrons. The lowest BCUT2D eigenvalue weighted by Gasteiger charge is -2.34. The highest BCUT2D eigenvalue weighted by Gasteiger charge is 2.26. The Hall–Kier alpha value is -3.28. The third-order valence-corrected chi connectivity index (χ3v) is 7.79. The smallest absolute Gasteiger partial charge is 0.179 e. The predicted octanol–water partition coefficient (Wildman–Crippen LogP) is 5.50. The number of aromatic nitrogens is 4. The van der Waals surface area contributed by atoms with Crippen LogP contribution in [0.15, 0.2) is 37.0 Å². The quantitative estimate of drug-likeness (QED) is 0.405. The Bertz CT molecular complexity index is 1420. The fourth-order valence-corrected chi connectivity index (χ4v) is 5.41. The van der Waals surface area contributed by atoms with Gasteiger partial charge in [-0.2, -0.15) is 0 Å². The zero-order chi connectivity index (χ0) is 23.6. The van der Waals surface area contributed by atoms with Crippen LogP contribution in [0.2, 0.25) is 0 Å². The van der Waals surface area contributed by atoms with Gasteiger partial charge in [-0.3, -0.25) is 0 Å². The van der Waals surface area contributed by atoms with E-state index < -0.39 is 0 Å². The molecule has 0 bridgehead atoms. The van der Waals surface area contributed by atoms with Gasteiger partial charge < -0.3 is 15.3 Å². The molecule has 4 heterocycles. The van der Waals surface area contributed by atoms with Crippen LogP contribution in [0, 0.1) is 25.7 Å². The van der Waals surface area contributed by atoms with Gasteiger partial charge in [-0.05, 0) is 86.8 Å². The summed E-state index contributed by atoms with van der Waals surface area (Å²) in [5.74, 6) is 8.80. The molecule has 1 aromatic carbocycles. The van der Waals surface area contributed by atoms with E-state index in [0.29, 0.717) is 11.6 Å². The Morgan fingerprint density at radius 2 is 1.91 bits per heavy atom. The minimum absolute atomic E-state index is 0.692. The molecule has 3 aromatic heterocycles. The lowest BCUT2D eigenvalue weighted by Crippen LogP contribution is -2.32. The molecular weight excluding hydrogens is 420 g/mol. The largest absolute Gasteiger partial charge is 0.371 e. The summed E-state index contributed by atoms with van der Waals surface area (Å²) in [6.45, 7) is 14.2. The maximum atomic E-state index is 6.60. The van der Waals surface area contributed by atoms with Gasteiger partial charge in [0, 0.05) is 48.0 Å². The van der Waals surface area contributed by atoms with E-state index >= 15 is 0 Å². The topological polar surface area (TPSA) is 64.9 Å². The van der Waals surface area contributed by atoms with Gasteiger partial charge in [0.05, 0.1) is 5.69 Å². The number of fused-ring (bicyclic) bond motifs is 2. The van der Waals surface area contributed by atoms with Crippen molar-refractivity contribution in [3.8, 4) is 11.5 Å². The minimum Gasteiger partial charge on any atom is -0.371 e. The standard InChI is InChI=1S/C28H34N6/c1-17-6-5-9-32(15-17)20(4)23-12-24-27(30-14-23)34(29)28(31-24)26-13-22-10-18(2)19(3)11-25(22)33(26)16-21-7-8-21/h10-14,17,21H,4-9,15-16,29H2,1-3H3. The highest BCUT2D eigenvalue weighted by Crippen LogP contribution is 2.37. The molecule has 0 spiro atoms. The van der Waals surface area contributed by atoms with Crippen LogP contribution in [-0.2, 0) is 6.54 Å². The van der Waals surface area contributed by atoms with Crippen molar-refractivity contribution in [1.29, 1.82) is 0 Å². The summed E-state index contributed by atoms with van der Waals surface area (Å²) in [5.41, 5.74) is 8.52. The number of imidazole rings is 1. The van der Waals surface area contributed by atoms with Gasteiger partial charge in [0.25, 0.3) is 0 Å². The Labute approximate surface area is 201 Å². The molecule has 2 N–H and O–H groups in total. The number of pyridine rings is 1. The van der Waals surface area contributed by atoms with Crippen LogP contribution in [0.3, 0.4) is 0 Å². The highest BCUT2D eigenvalue weighted by molar-refractivity contribution is 5.89. The number of rotatable bonds is 5. The molecule has 2 fully saturated rings. The molecule has 6 nitrogen and oxygen atoms in total. The molecule has 1 saturated heterocycles. The predicted molar refractivity (Wildman–Crippen MR) is 140 cm³/mol. The summed E-state index contributed by atoms with van der Waals surface area (Å²) in [7, 11) is 0. The number of nitrogen functional groups attached to an aromatic ring is 1. The van der Waals surface area contributed by atoms with Gasteiger partial charge in [0.1, 0.15) is 5.52 Å². The van der Waals surface area contributed by atoms with E-state index in [2.05, 4.69) is 61.1 Å². The zero-order valence-electron chi connectivity index (χ0n) is 20.5. The van der Waals surface area contributed by atoms with Crippen LogP contribution < -0.4 is 5.84 Å². The van der Waals surface area contributed by atoms with Crippen molar-refractivity contribution < 1.29 is 0 Å². The lowest BCUT2D eigenvalue weighted by molar-refractivity contribution is 0.261. The van der Waals surface area contributed by atoms with Crippen molar-refractivity contribution in [3.63, 3.8) is 0 Å². The number of nitrogens with zero attached hydrogens (tertiary/aromatic N) is 5. The number of aryl methyl sites for hydroxylation is 2. The van der Waals surface area contributed by atoms with Crippen LogP contribution in [0.25, 0.3) is 39.3 Å². The normalized spacial score (nSPS) is 18.8. The molecule has 1 saturated carbocycles. The van der Waals surface area contributed by atoms with Crippen molar-refractivity contribution in [2.75, 3.05) is 18.9 Å². The molecule has 0 amide bonds. The molecule has 1 aliphatic heterocycles. The molecule has 34 heavy (non-hydrogen) atoms. The summed E-state index contributed by atoms with van der Waals surface area (Å²) in [6.07, 6.45) is 6.99. The van der Waals surface area contributed by atoms with Crippen molar-refractivity contribution in [2.45, 2.75) is 53.0 Å². The first-order valence-electron chi connectivity index (χ1n) is 12.6. The maximum Gasteiger partial charge on any atom is 0.179 e. The van der Waals surface area contributed by atoms with Crippen LogP contribution in [0.5, 0.6) is 0 Å². The fourth-order valence-electron chi connectivity index (χ4n) is 5.41. The van der Waals surface area contributed by atoms with Gasteiger partial charge in [-0.1, -0.05) is 13.5 Å². The molecule has 1 unspecified atom stereocenters. The van der Waals surface area contributed by atoms with Crippen molar-refractivity contribution in [3.05, 3.63) is 53.7 Å². The Morgan fingerprint density at radius 1 is 1.12 bits per heavy atom. The number of nitrogens with two attached hydrogens (primary N) is 1. The fraction of sp³-hybridized carbons (Fsp3) is 0.429. The van der Waals surface area contributed by atoms with E-state index in [1.165, 1.54) is 47.7 Å². The first kappa shape index (κ1) is 21.3. The van der Waals surface area contributed by atoms with Gasteiger partial charge in [0.2, 0.25) is 0 Å². The summed E-state index contributed by atoms with van der Waals surface area (Å²) in [6, 6.07) is 8.92. The summed E-state index contributed by atoms with van der Waals surface area (Å²) >= 11 is 0. The third kappa shape index (κ3) is 3.56. The summed E-state index contributed by atoms with van der Waals surface area (Å²) < 4.78 is 4.07. The van der Waals surface area contributed by atoms with Crippen LogP contribution in [0.4, 0.5) is 0 Å². The summed E-state index contributed by atoms with van der Waals surface area (Å²) in [4.78, 5) is 12.1. The number of likely N-dealkylation sites (tertiary alicyclic amines) is 1. The lowest BCUT2D eigenvalue weighted by atomic mass is 9.99. The number of hydrogen-bond acceptors (Lipinski definition) is 4. The molecular formula is C28H34N6. The molecule has 2 aliphatic rings. The second kappa shape index (κ2) is 7.90. The SMILES string of the molecule is C=C(c1cnc2c(c1)nc(-c1cc3cc(C)c(C)cc3n1CC1CC1)n2N)N1CCCC(C)C1. The van der Waals surface area contributed by atoms with Crippen molar-refractivity contribution in [2.24, 2.45) is 11.8 Å². The average Bonchev–Trinajstić information content (AvgIpc) is 3.51. The Kier molecular flexibility index (Phi) is 4.94. The maximum absolute atomic E-state index is 6.60. The molecule has 0 radical (unpaired) electrons. The molecule has 6 rings (SSSR count). The molecule has 4 aromatic rings. The number of benzene rings is 1. The van der Waals surface area contributed by atoms with Crippen LogP contribution in [-0.4, -0.2) is 37.2 Å². The van der Waals surface area contributed by atoms with E-state index in [1.807, 2.05) is 6.20 Å². The molecule has 6 heteroatoms. The molecule has 1 atom stereocenters. The second-order valence-electron chi connectivity index (χ2n) is 10.6. The van der Waals surface area contributed by atoms with Gasteiger partial charge >= 0.3 is 0 Å². The average molecular weight is 455 g/mol. The summed E-state index contributed by atoms with van der Waals surface area (Å²) in [5, 5.41) is 1.24. The number of piperidine rings is 1. The van der Waals surface area contributed by atoms with Gasteiger partial charge in [-0.25, -0.2) is 14.6 Å². The van der Waals surface area contributed by atoms with Crippen LogP contribution in [0.1, 0.15) is 49.3 Å². The molecule has 1 aliphatic carbocycles. The third-order valence-electron chi connectivity index (χ3n) is 7.79. The van der Waals surface area contributed by atoms with E-state index in [0.717, 1.165) is 53.8 Å². The zero-order valence-corrected chi connectivity index (χ0v) is 20.5. The van der Waals surface area contributed by atoms with E-state index in [4.69, 9.17) is 15.8 Å². The van der Waals surface area contributed by atoms with Crippen LogP contribution >= 0.6 is 0 Å². The Balaban J connectivity index is 1.44. The van der Waals surface area contributed by atoms with E-state index in [9.17, 15) is 0 Å². The first-order chi connectivity index (χ1) is 16.4. The number of hydrogen-bond donors (Lipinski definition) is 1. The monoisotopic (exact) mass is 454 g/mol. The highest BCUT2D eigenvalue weighted by atomic mass is 15.4. The van der Waals surface area contributed by atoms with Crippen molar-refractivity contribution in [1.82, 2.24) is 24.1 Å². The van der Waals surface area contributed by atoms with Gasteiger partial charge in [-0.15, -0.1) is 0 Å². The van der Waals surface area contributed by atoms with E-state index in [-0.39, 0.29) is 0 Å². The van der Waals surface area contributed by atoms with Crippen molar-refractivity contribution >= 4 is 27.8 Å². The second-order valence-corrected chi connectivity index (χ2v) is 10.6. The van der Waals surface area contributed by atoms with Gasteiger partial charge in [0.15, 0.2) is 11.5 Å². The first-order valence-corrected chi connectivity index (χ1v) is 12.6.